The van der Waals surface area contributed by atoms with Crippen LogP contribution in [0.25, 0.3) is 104 Å². The van der Waals surface area contributed by atoms with Crippen molar-refractivity contribution < 1.29 is 0 Å². The molecule has 0 unspecified atom stereocenters. The molecule has 0 bridgehead atoms. The number of hydrogen-bond donors (Lipinski definition) is 0. The monoisotopic (exact) mass is 726 g/mol. The van der Waals surface area contributed by atoms with Gasteiger partial charge in [-0.2, -0.15) is 0 Å². The lowest BCUT2D eigenvalue weighted by molar-refractivity contribution is 0.913. The Morgan fingerprint density at radius 2 is 0.895 bits per heavy atom. The average Bonchev–Trinajstić information content (AvgIpc) is 3.66. The minimum atomic E-state index is 0.838. The number of benzene rings is 10. The van der Waals surface area contributed by atoms with E-state index in [2.05, 4.69) is 212 Å². The van der Waals surface area contributed by atoms with Crippen molar-refractivity contribution in [2.24, 2.45) is 0 Å². The maximum atomic E-state index is 5.06. The molecule has 0 N–H and O–H groups in total. The lowest BCUT2D eigenvalue weighted by Gasteiger charge is -2.22. The first-order valence-corrected chi connectivity index (χ1v) is 19.9. The minimum absolute atomic E-state index is 0.838. The molecule has 0 atom stereocenters. The van der Waals surface area contributed by atoms with Crippen molar-refractivity contribution in [3.63, 3.8) is 0 Å². The molecule has 2 nitrogen and oxygen atoms in total. The van der Waals surface area contributed by atoms with Gasteiger partial charge in [0.1, 0.15) is 5.82 Å². The Bertz CT molecular complexity index is 3320. The first-order chi connectivity index (χ1) is 28.3. The zero-order chi connectivity index (χ0) is 37.9. The van der Waals surface area contributed by atoms with Gasteiger partial charge >= 0.3 is 0 Å². The van der Waals surface area contributed by atoms with E-state index in [-0.39, 0.29) is 0 Å². The van der Waals surface area contributed by atoms with Crippen molar-refractivity contribution in [2.75, 3.05) is 0 Å². The van der Waals surface area contributed by atoms with Gasteiger partial charge in [0, 0.05) is 11.8 Å². The van der Waals surface area contributed by atoms with Crippen molar-refractivity contribution in [3.05, 3.63) is 206 Å². The predicted octanol–water partition coefficient (Wildman–Crippen LogP) is 14.9. The number of aryl methyl sites for hydroxylation is 1. The van der Waals surface area contributed by atoms with Crippen LogP contribution >= 0.6 is 0 Å². The molecule has 268 valence electrons. The van der Waals surface area contributed by atoms with Crippen molar-refractivity contribution in [1.29, 1.82) is 0 Å². The molecule has 2 heteroatoms. The molecule has 11 aromatic rings. The number of aromatic nitrogens is 2. The Morgan fingerprint density at radius 3 is 1.63 bits per heavy atom. The summed E-state index contributed by atoms with van der Waals surface area (Å²) >= 11 is 0. The predicted molar refractivity (Wildman–Crippen MR) is 242 cm³/mol. The molecular weight excluding hydrogens is 689 g/mol. The number of imidazole rings is 1. The zero-order valence-corrected chi connectivity index (χ0v) is 31.7. The van der Waals surface area contributed by atoms with Crippen LogP contribution in [0, 0.1) is 0 Å². The van der Waals surface area contributed by atoms with Crippen LogP contribution in [-0.4, -0.2) is 9.55 Å². The van der Waals surface area contributed by atoms with Gasteiger partial charge in [0.2, 0.25) is 0 Å². The molecule has 11 rings (SSSR count). The largest absolute Gasteiger partial charge is 0.296 e. The number of hydrogen-bond acceptors (Lipinski definition) is 1. The maximum absolute atomic E-state index is 5.06. The molecule has 0 spiro atoms. The van der Waals surface area contributed by atoms with Gasteiger partial charge in [-0.25, -0.2) is 4.98 Å². The number of fused-ring (bicyclic) bond motifs is 5. The summed E-state index contributed by atoms with van der Waals surface area (Å²) in [5.74, 6) is 1.06. The van der Waals surface area contributed by atoms with Crippen molar-refractivity contribution in [3.8, 4) is 50.2 Å². The summed E-state index contributed by atoms with van der Waals surface area (Å²) in [5.41, 5.74) is 13.2. The summed E-state index contributed by atoms with van der Waals surface area (Å²) in [6, 6.07) is 73.3. The molecule has 0 fully saturated rings. The second-order valence-corrected chi connectivity index (χ2v) is 14.9. The fourth-order valence-corrected chi connectivity index (χ4v) is 9.24. The summed E-state index contributed by atoms with van der Waals surface area (Å²) in [5, 5.41) is 9.88. The van der Waals surface area contributed by atoms with Gasteiger partial charge in [-0.05, 0) is 106 Å². The van der Waals surface area contributed by atoms with Crippen LogP contribution in [0.2, 0.25) is 0 Å². The Balaban J connectivity index is 1.25. The van der Waals surface area contributed by atoms with Gasteiger partial charge in [-0.3, -0.25) is 4.57 Å². The van der Waals surface area contributed by atoms with E-state index in [1.165, 1.54) is 87.6 Å². The maximum Gasteiger partial charge on any atom is 0.114 e. The van der Waals surface area contributed by atoms with Gasteiger partial charge in [-0.1, -0.05) is 183 Å². The van der Waals surface area contributed by atoms with Crippen LogP contribution in [0.15, 0.2) is 200 Å². The second-order valence-electron chi connectivity index (χ2n) is 14.9. The fraction of sp³-hybridized carbons (Fsp3) is 0.0364. The van der Waals surface area contributed by atoms with E-state index in [1.807, 2.05) is 0 Å². The summed E-state index contributed by atoms with van der Waals surface area (Å²) in [4.78, 5) is 5.06. The van der Waals surface area contributed by atoms with E-state index >= 15 is 0 Å². The quantitative estimate of drug-likeness (QED) is 0.156. The molecule has 57 heavy (non-hydrogen) atoms. The molecule has 1 aromatic heterocycles. The third-order valence-electron chi connectivity index (χ3n) is 11.8. The molecule has 0 radical (unpaired) electrons. The van der Waals surface area contributed by atoms with E-state index in [0.717, 1.165) is 29.0 Å². The summed E-state index contributed by atoms with van der Waals surface area (Å²) in [7, 11) is 0. The number of nitrogens with zero attached hydrogens (tertiary/aromatic N) is 2. The first kappa shape index (κ1) is 33.1. The highest BCUT2D eigenvalue weighted by molar-refractivity contribution is 6.26. The summed E-state index contributed by atoms with van der Waals surface area (Å²) in [6.45, 7) is 2.19. The lowest BCUT2D eigenvalue weighted by atomic mass is 9.82. The average molecular weight is 727 g/mol. The lowest BCUT2D eigenvalue weighted by Crippen LogP contribution is -2.01. The SMILES string of the molecule is CCc1nc2ccccc2n1-c1ccc(-c2c3ccccc3c(-c3cccc4c(-c5ccccc5)cccc34)c3ccc(-c4ccccc4)cc23)c2ccccc12. The molecule has 1 heterocycles. The zero-order valence-electron chi connectivity index (χ0n) is 31.7. The Kier molecular flexibility index (Phi) is 7.82. The third kappa shape index (κ3) is 5.29. The highest BCUT2D eigenvalue weighted by Gasteiger charge is 2.22. The van der Waals surface area contributed by atoms with E-state index in [4.69, 9.17) is 4.98 Å². The van der Waals surface area contributed by atoms with Crippen molar-refractivity contribution >= 4 is 54.1 Å². The van der Waals surface area contributed by atoms with Gasteiger partial charge in [0.25, 0.3) is 0 Å². The van der Waals surface area contributed by atoms with Crippen LogP contribution in [0.3, 0.4) is 0 Å². The van der Waals surface area contributed by atoms with Gasteiger partial charge in [-0.15, -0.1) is 0 Å². The molecule has 0 saturated heterocycles. The number of para-hydroxylation sites is 2. The number of rotatable bonds is 6. The molecule has 10 aromatic carbocycles. The van der Waals surface area contributed by atoms with E-state index in [9.17, 15) is 0 Å². The van der Waals surface area contributed by atoms with Gasteiger partial charge < -0.3 is 0 Å². The van der Waals surface area contributed by atoms with Crippen LogP contribution in [0.5, 0.6) is 0 Å². The van der Waals surface area contributed by atoms with Crippen LogP contribution in [-0.2, 0) is 6.42 Å². The standard InChI is InChI=1S/C55H38N2/c1-2-53-56-50-29-13-14-30-52(50)57(53)51-34-33-47(42-21-9-10-22-43(42)51)55-46-24-12-11-23-45(46)54(48-32-31-38(35-49(48)55)36-17-5-3-6-18-36)44-28-16-26-40-39(25-15-27-41(40)44)37-19-7-4-8-20-37/h3-35H,2H2,1H3. The van der Waals surface area contributed by atoms with E-state index < -0.39 is 0 Å². The smallest absolute Gasteiger partial charge is 0.114 e. The molecule has 0 aliphatic heterocycles. The third-order valence-corrected chi connectivity index (χ3v) is 11.8. The summed E-state index contributed by atoms with van der Waals surface area (Å²) in [6.07, 6.45) is 0.838. The Hall–Kier alpha value is -7.29. The Labute approximate surface area is 331 Å². The Morgan fingerprint density at radius 1 is 0.368 bits per heavy atom. The normalized spacial score (nSPS) is 11.7. The topological polar surface area (TPSA) is 17.8 Å². The first-order valence-electron chi connectivity index (χ1n) is 19.9. The van der Waals surface area contributed by atoms with Crippen molar-refractivity contribution in [2.45, 2.75) is 13.3 Å². The second kappa shape index (κ2) is 13.5. The highest BCUT2D eigenvalue weighted by atomic mass is 15.1. The van der Waals surface area contributed by atoms with Crippen LogP contribution in [0.4, 0.5) is 0 Å². The van der Waals surface area contributed by atoms with Gasteiger partial charge in [0.15, 0.2) is 0 Å². The summed E-state index contributed by atoms with van der Waals surface area (Å²) < 4.78 is 2.36. The van der Waals surface area contributed by atoms with Crippen molar-refractivity contribution in [1.82, 2.24) is 9.55 Å². The highest BCUT2D eigenvalue weighted by Crippen LogP contribution is 2.48. The van der Waals surface area contributed by atoms with Gasteiger partial charge in [0.05, 0.1) is 16.7 Å². The molecule has 0 amide bonds. The molecule has 0 aliphatic carbocycles. The minimum Gasteiger partial charge on any atom is -0.296 e. The van der Waals surface area contributed by atoms with E-state index in [0.29, 0.717) is 0 Å². The van der Waals surface area contributed by atoms with E-state index in [1.54, 1.807) is 0 Å². The molecule has 0 aliphatic rings. The molecule has 0 saturated carbocycles. The fourth-order valence-electron chi connectivity index (χ4n) is 9.24. The molecular formula is C55H38N2. The van der Waals surface area contributed by atoms with Crippen LogP contribution in [0.1, 0.15) is 12.7 Å². The van der Waals surface area contributed by atoms with Crippen LogP contribution < -0.4 is 0 Å².